The fourth-order valence-corrected chi connectivity index (χ4v) is 0.830. The number of rotatable bonds is 0. The molecule has 0 amide bonds. The first-order chi connectivity index (χ1) is 4.72. The van der Waals surface area contributed by atoms with Gasteiger partial charge in [-0.3, -0.25) is 0 Å². The minimum Gasteiger partial charge on any atom is -0.402 e. The van der Waals surface area contributed by atoms with Gasteiger partial charge in [-0.05, 0) is 18.6 Å². The topological polar surface area (TPSA) is 52.0 Å². The molecule has 0 unspecified atom stereocenters. The third kappa shape index (κ3) is 1.21. The van der Waals surface area contributed by atoms with E-state index in [0.717, 1.165) is 23.4 Å². The van der Waals surface area contributed by atoms with Gasteiger partial charge >= 0.3 is 0 Å². The molecule has 0 aromatic rings. The Bertz CT molecular complexity index is 216. The molecule has 0 aromatic carbocycles. The van der Waals surface area contributed by atoms with E-state index in [1.165, 1.54) is 0 Å². The number of nitrogens with two attached hydrogens (primary N) is 2. The predicted molar refractivity (Wildman–Crippen MR) is 42.9 cm³/mol. The van der Waals surface area contributed by atoms with E-state index in [1.54, 1.807) is 0 Å². The van der Waals surface area contributed by atoms with Gasteiger partial charge in [0, 0.05) is 17.8 Å². The van der Waals surface area contributed by atoms with E-state index in [2.05, 4.69) is 0 Å². The second-order valence-corrected chi connectivity index (χ2v) is 2.40. The molecular weight excluding hydrogens is 124 g/mol. The molecule has 0 heterocycles. The summed E-state index contributed by atoms with van der Waals surface area (Å²) in [6, 6.07) is 0. The fourth-order valence-electron chi connectivity index (χ4n) is 0.830. The lowest BCUT2D eigenvalue weighted by Gasteiger charge is -2.02. The van der Waals surface area contributed by atoms with Gasteiger partial charge in [0.25, 0.3) is 0 Å². The molecule has 0 radical (unpaired) electrons. The van der Waals surface area contributed by atoms with E-state index in [0.29, 0.717) is 0 Å². The van der Waals surface area contributed by atoms with Crippen molar-refractivity contribution in [1.29, 1.82) is 0 Å². The van der Waals surface area contributed by atoms with E-state index < -0.39 is 0 Å². The SMILES string of the molecule is CC1=C(N)CC=CC=C1N. The van der Waals surface area contributed by atoms with Gasteiger partial charge in [0.15, 0.2) is 0 Å². The van der Waals surface area contributed by atoms with Crippen LogP contribution >= 0.6 is 0 Å². The van der Waals surface area contributed by atoms with Crippen LogP contribution in [0.3, 0.4) is 0 Å². The van der Waals surface area contributed by atoms with Crippen LogP contribution in [0.15, 0.2) is 35.2 Å². The van der Waals surface area contributed by atoms with E-state index in [9.17, 15) is 0 Å². The summed E-state index contributed by atoms with van der Waals surface area (Å²) in [5.41, 5.74) is 14.0. The van der Waals surface area contributed by atoms with E-state index in [1.807, 2.05) is 25.2 Å². The van der Waals surface area contributed by atoms with Crippen LogP contribution in [0.25, 0.3) is 0 Å². The van der Waals surface area contributed by atoms with Crippen LogP contribution in [-0.2, 0) is 0 Å². The van der Waals surface area contributed by atoms with Gasteiger partial charge in [0.2, 0.25) is 0 Å². The Morgan fingerprint density at radius 2 is 2.10 bits per heavy atom. The van der Waals surface area contributed by atoms with Crippen molar-refractivity contribution in [1.82, 2.24) is 0 Å². The van der Waals surface area contributed by atoms with Gasteiger partial charge < -0.3 is 11.5 Å². The van der Waals surface area contributed by atoms with Crippen LogP contribution in [0, 0.1) is 0 Å². The van der Waals surface area contributed by atoms with Gasteiger partial charge in [-0.2, -0.15) is 0 Å². The quantitative estimate of drug-likeness (QED) is 0.522. The van der Waals surface area contributed by atoms with E-state index >= 15 is 0 Å². The first-order valence-corrected chi connectivity index (χ1v) is 3.29. The summed E-state index contributed by atoms with van der Waals surface area (Å²) < 4.78 is 0. The highest BCUT2D eigenvalue weighted by molar-refractivity contribution is 5.36. The predicted octanol–water partition coefficient (Wildman–Crippen LogP) is 1.02. The zero-order chi connectivity index (χ0) is 7.56. The third-order valence-corrected chi connectivity index (χ3v) is 1.66. The van der Waals surface area contributed by atoms with Crippen LogP contribution in [0.5, 0.6) is 0 Å². The molecule has 4 N–H and O–H groups in total. The van der Waals surface area contributed by atoms with Gasteiger partial charge in [0.05, 0.1) is 0 Å². The average molecular weight is 136 g/mol. The lowest BCUT2D eigenvalue weighted by Crippen LogP contribution is -2.05. The molecule has 1 aliphatic carbocycles. The molecule has 0 spiro atoms. The molecule has 2 heteroatoms. The smallest absolute Gasteiger partial charge is 0.0361 e. The van der Waals surface area contributed by atoms with Crippen LogP contribution in [0.4, 0.5) is 0 Å². The summed E-state index contributed by atoms with van der Waals surface area (Å²) in [5.74, 6) is 0. The molecule has 0 aromatic heterocycles. The Morgan fingerprint density at radius 1 is 1.40 bits per heavy atom. The van der Waals surface area contributed by atoms with Gasteiger partial charge in [-0.25, -0.2) is 0 Å². The zero-order valence-electron chi connectivity index (χ0n) is 6.09. The van der Waals surface area contributed by atoms with Crippen molar-refractivity contribution >= 4 is 0 Å². The molecule has 0 saturated heterocycles. The molecule has 0 saturated carbocycles. The van der Waals surface area contributed by atoms with Crippen molar-refractivity contribution in [3.05, 3.63) is 35.2 Å². The Balaban J connectivity index is 3.00. The molecule has 2 nitrogen and oxygen atoms in total. The largest absolute Gasteiger partial charge is 0.402 e. The molecule has 1 aliphatic rings. The molecule has 1 rings (SSSR count). The summed E-state index contributed by atoms with van der Waals surface area (Å²) in [7, 11) is 0. The maximum absolute atomic E-state index is 5.68. The maximum atomic E-state index is 5.68. The van der Waals surface area contributed by atoms with Crippen LogP contribution in [-0.4, -0.2) is 0 Å². The Morgan fingerprint density at radius 3 is 2.80 bits per heavy atom. The van der Waals surface area contributed by atoms with Gasteiger partial charge in [-0.1, -0.05) is 12.2 Å². The second kappa shape index (κ2) is 2.60. The molecule has 0 atom stereocenters. The van der Waals surface area contributed by atoms with E-state index in [4.69, 9.17) is 11.5 Å². The Labute approximate surface area is 60.9 Å². The first-order valence-electron chi connectivity index (χ1n) is 3.29. The van der Waals surface area contributed by atoms with Crippen molar-refractivity contribution in [3.8, 4) is 0 Å². The number of allylic oxidation sites excluding steroid dienone is 4. The highest BCUT2D eigenvalue weighted by Gasteiger charge is 2.00. The highest BCUT2D eigenvalue weighted by atomic mass is 14.6. The van der Waals surface area contributed by atoms with E-state index in [-0.39, 0.29) is 0 Å². The lowest BCUT2D eigenvalue weighted by atomic mass is 10.1. The zero-order valence-corrected chi connectivity index (χ0v) is 6.09. The van der Waals surface area contributed by atoms with Crippen molar-refractivity contribution in [2.75, 3.05) is 0 Å². The normalized spacial score (nSPS) is 18.7. The van der Waals surface area contributed by atoms with Crippen LogP contribution < -0.4 is 11.5 Å². The number of hydrogen-bond acceptors (Lipinski definition) is 2. The van der Waals surface area contributed by atoms with Crippen molar-refractivity contribution in [2.45, 2.75) is 13.3 Å². The summed E-state index contributed by atoms with van der Waals surface area (Å²) >= 11 is 0. The van der Waals surface area contributed by atoms with Gasteiger partial charge in [-0.15, -0.1) is 0 Å². The Kier molecular flexibility index (Phi) is 1.81. The molecule has 0 aliphatic heterocycles. The summed E-state index contributed by atoms with van der Waals surface area (Å²) in [6.07, 6.45) is 6.61. The number of hydrogen-bond donors (Lipinski definition) is 2. The fraction of sp³-hybridized carbons (Fsp3) is 0.250. The second-order valence-electron chi connectivity index (χ2n) is 2.40. The third-order valence-electron chi connectivity index (χ3n) is 1.66. The summed E-state index contributed by atoms with van der Waals surface area (Å²) in [5, 5.41) is 0. The Hall–Kier alpha value is -1.18. The average Bonchev–Trinajstić information content (AvgIpc) is 2.04. The van der Waals surface area contributed by atoms with Crippen molar-refractivity contribution < 1.29 is 0 Å². The first kappa shape index (κ1) is 6.93. The minimum atomic E-state index is 0.770. The summed E-state index contributed by atoms with van der Waals surface area (Å²) in [4.78, 5) is 0. The standard InChI is InChI=1S/C8H12N2/c1-6-7(9)4-2-3-5-8(6)10/h2-4H,5,9-10H2,1H3. The minimum absolute atomic E-state index is 0.770. The van der Waals surface area contributed by atoms with Crippen LogP contribution in [0.2, 0.25) is 0 Å². The lowest BCUT2D eigenvalue weighted by molar-refractivity contribution is 1.10. The molecular formula is C8H12N2. The molecule has 0 bridgehead atoms. The monoisotopic (exact) mass is 136 g/mol. The van der Waals surface area contributed by atoms with Crippen molar-refractivity contribution in [2.24, 2.45) is 11.5 Å². The highest BCUT2D eigenvalue weighted by Crippen LogP contribution is 2.12. The maximum Gasteiger partial charge on any atom is 0.0361 e. The summed E-state index contributed by atoms with van der Waals surface area (Å²) in [6.45, 7) is 1.94. The molecule has 54 valence electrons. The van der Waals surface area contributed by atoms with Gasteiger partial charge in [0.1, 0.15) is 0 Å². The van der Waals surface area contributed by atoms with Crippen LogP contribution in [0.1, 0.15) is 13.3 Å². The van der Waals surface area contributed by atoms with Crippen molar-refractivity contribution in [3.63, 3.8) is 0 Å². The molecule has 10 heavy (non-hydrogen) atoms. The molecule has 0 fully saturated rings.